The van der Waals surface area contributed by atoms with Gasteiger partial charge in [-0.15, -0.1) is 0 Å². The van der Waals surface area contributed by atoms with Gasteiger partial charge in [0.25, 0.3) is 5.91 Å². The lowest BCUT2D eigenvalue weighted by Gasteiger charge is -2.40. The Morgan fingerprint density at radius 3 is 2.13 bits per heavy atom. The zero-order valence-electron chi connectivity index (χ0n) is 18.4. The van der Waals surface area contributed by atoms with Crippen LogP contribution >= 0.6 is 0 Å². The molecule has 1 aliphatic heterocycles. The fraction of sp³-hybridized carbons (Fsp3) is 0.462. The summed E-state index contributed by atoms with van der Waals surface area (Å²) < 4.78 is 0. The van der Waals surface area contributed by atoms with Gasteiger partial charge >= 0.3 is 0 Å². The summed E-state index contributed by atoms with van der Waals surface area (Å²) in [6.07, 6.45) is 4.71. The summed E-state index contributed by atoms with van der Waals surface area (Å²) in [6.45, 7) is 5.49. The highest BCUT2D eigenvalue weighted by Crippen LogP contribution is 2.31. The molecule has 2 aromatic rings. The smallest absolute Gasteiger partial charge is 0.253 e. The van der Waals surface area contributed by atoms with Crippen LogP contribution in [0.15, 0.2) is 54.6 Å². The second kappa shape index (κ2) is 10.1. The predicted molar refractivity (Wildman–Crippen MR) is 124 cm³/mol. The molecule has 1 unspecified atom stereocenters. The van der Waals surface area contributed by atoms with Gasteiger partial charge in [0.2, 0.25) is 5.91 Å². The molecule has 1 N–H and O–H groups in total. The van der Waals surface area contributed by atoms with E-state index in [1.165, 1.54) is 12.8 Å². The van der Waals surface area contributed by atoms with Crippen molar-refractivity contribution in [2.45, 2.75) is 38.6 Å². The minimum absolute atomic E-state index is 0.0511. The lowest BCUT2D eigenvalue weighted by molar-refractivity contribution is -0.129. The summed E-state index contributed by atoms with van der Waals surface area (Å²) in [4.78, 5) is 30.1. The van der Waals surface area contributed by atoms with E-state index in [2.05, 4.69) is 22.3 Å². The number of nitrogens with zero attached hydrogens (tertiary/aromatic N) is 2. The minimum atomic E-state index is -0.0511. The standard InChI is InChI=1S/C26H33N3O2/c1-2-27-25(30)24(22-10-6-7-11-22)28-16-18-29(19-17-28)26(31)23-14-12-21(13-15-23)20-8-4-3-5-9-20/h3-5,8-9,12-15,22,24H,2,6-7,10-11,16-19H2,1H3,(H,27,30). The SMILES string of the molecule is CCNC(=O)C(C1CCCC1)N1CCN(C(=O)c2ccc(-c3ccccc3)cc2)CC1. The van der Waals surface area contributed by atoms with E-state index in [1.54, 1.807) is 0 Å². The molecule has 0 bridgehead atoms. The Morgan fingerprint density at radius 1 is 0.903 bits per heavy atom. The number of hydrogen-bond donors (Lipinski definition) is 1. The molecule has 2 fully saturated rings. The lowest BCUT2D eigenvalue weighted by Crippen LogP contribution is -2.58. The van der Waals surface area contributed by atoms with E-state index in [4.69, 9.17) is 0 Å². The van der Waals surface area contributed by atoms with Crippen molar-refractivity contribution < 1.29 is 9.59 Å². The van der Waals surface area contributed by atoms with E-state index in [0.29, 0.717) is 25.6 Å². The molecule has 5 nitrogen and oxygen atoms in total. The van der Waals surface area contributed by atoms with Gasteiger partial charge in [0.1, 0.15) is 0 Å². The van der Waals surface area contributed by atoms with Gasteiger partial charge in [-0.05, 0) is 48.9 Å². The fourth-order valence-corrected chi connectivity index (χ4v) is 5.05. The van der Waals surface area contributed by atoms with Crippen molar-refractivity contribution in [1.29, 1.82) is 0 Å². The number of likely N-dealkylation sites (N-methyl/N-ethyl adjacent to an activating group) is 1. The first-order valence-corrected chi connectivity index (χ1v) is 11.6. The molecule has 5 heteroatoms. The number of amides is 2. The first-order valence-electron chi connectivity index (χ1n) is 11.6. The van der Waals surface area contributed by atoms with E-state index >= 15 is 0 Å². The van der Waals surface area contributed by atoms with Crippen LogP contribution in [0.4, 0.5) is 0 Å². The van der Waals surface area contributed by atoms with Crippen LogP contribution in [0.25, 0.3) is 11.1 Å². The Hall–Kier alpha value is -2.66. The lowest BCUT2D eigenvalue weighted by atomic mass is 9.95. The maximum absolute atomic E-state index is 13.0. The van der Waals surface area contributed by atoms with Gasteiger partial charge in [-0.25, -0.2) is 0 Å². The second-order valence-electron chi connectivity index (χ2n) is 8.66. The van der Waals surface area contributed by atoms with Gasteiger partial charge < -0.3 is 10.2 Å². The molecule has 4 rings (SSSR count). The van der Waals surface area contributed by atoms with Crippen molar-refractivity contribution in [1.82, 2.24) is 15.1 Å². The van der Waals surface area contributed by atoms with E-state index < -0.39 is 0 Å². The van der Waals surface area contributed by atoms with Gasteiger partial charge in [0.15, 0.2) is 0 Å². The van der Waals surface area contributed by atoms with Gasteiger partial charge in [-0.3, -0.25) is 14.5 Å². The summed E-state index contributed by atoms with van der Waals surface area (Å²) in [5.74, 6) is 0.680. The van der Waals surface area contributed by atoms with Crippen LogP contribution in [0.1, 0.15) is 43.0 Å². The Labute approximate surface area is 185 Å². The second-order valence-corrected chi connectivity index (χ2v) is 8.66. The van der Waals surface area contributed by atoms with Gasteiger partial charge in [-0.2, -0.15) is 0 Å². The molecule has 0 spiro atoms. The van der Waals surface area contributed by atoms with Crippen LogP contribution in [0.3, 0.4) is 0 Å². The number of hydrogen-bond acceptors (Lipinski definition) is 3. The molecule has 31 heavy (non-hydrogen) atoms. The van der Waals surface area contributed by atoms with Crippen molar-refractivity contribution in [3.63, 3.8) is 0 Å². The first kappa shape index (κ1) is 21.6. The molecule has 2 aromatic carbocycles. The highest BCUT2D eigenvalue weighted by atomic mass is 16.2. The monoisotopic (exact) mass is 419 g/mol. The maximum Gasteiger partial charge on any atom is 0.253 e. The van der Waals surface area contributed by atoms with Crippen LogP contribution in [0, 0.1) is 5.92 Å². The summed E-state index contributed by atoms with van der Waals surface area (Å²) in [5, 5.41) is 3.04. The molecule has 1 heterocycles. The number of carbonyl (C=O) groups is 2. The van der Waals surface area contributed by atoms with Crippen LogP contribution in [-0.4, -0.2) is 60.4 Å². The molecule has 0 aromatic heterocycles. The third-order valence-corrected chi connectivity index (χ3v) is 6.70. The van der Waals surface area contributed by atoms with Gasteiger partial charge in [-0.1, -0.05) is 55.3 Å². The Bertz CT molecular complexity index is 867. The summed E-state index contributed by atoms with van der Waals surface area (Å²) in [7, 11) is 0. The Kier molecular flexibility index (Phi) is 7.03. The van der Waals surface area contributed by atoms with Crippen LogP contribution in [0.5, 0.6) is 0 Å². The number of nitrogens with one attached hydrogen (secondary N) is 1. The zero-order chi connectivity index (χ0) is 21.6. The van der Waals surface area contributed by atoms with E-state index in [0.717, 1.165) is 42.6 Å². The average molecular weight is 420 g/mol. The molecule has 1 aliphatic carbocycles. The number of benzene rings is 2. The minimum Gasteiger partial charge on any atom is -0.355 e. The van der Waals surface area contributed by atoms with Crippen molar-refractivity contribution >= 4 is 11.8 Å². The summed E-state index contributed by atoms with van der Waals surface area (Å²) in [6, 6.07) is 18.0. The van der Waals surface area contributed by atoms with Gasteiger partial charge in [0.05, 0.1) is 6.04 Å². The molecule has 0 radical (unpaired) electrons. The van der Waals surface area contributed by atoms with Crippen LogP contribution < -0.4 is 5.32 Å². The molecule has 2 amide bonds. The third kappa shape index (κ3) is 4.99. The number of carbonyl (C=O) groups excluding carboxylic acids is 2. The topological polar surface area (TPSA) is 52.7 Å². The van der Waals surface area contributed by atoms with Crippen LogP contribution in [0.2, 0.25) is 0 Å². The largest absolute Gasteiger partial charge is 0.355 e. The molecule has 2 aliphatic rings. The molecule has 164 valence electrons. The fourth-order valence-electron chi connectivity index (χ4n) is 5.05. The van der Waals surface area contributed by atoms with Gasteiger partial charge in [0, 0.05) is 38.3 Å². The molecule has 1 saturated heterocycles. The van der Waals surface area contributed by atoms with Crippen molar-refractivity contribution in [2.75, 3.05) is 32.7 Å². The predicted octanol–water partition coefficient (Wildman–Crippen LogP) is 3.81. The summed E-state index contributed by atoms with van der Waals surface area (Å²) in [5.41, 5.74) is 2.99. The third-order valence-electron chi connectivity index (χ3n) is 6.70. The maximum atomic E-state index is 13.0. The van der Waals surface area contributed by atoms with Crippen molar-refractivity contribution in [3.8, 4) is 11.1 Å². The van der Waals surface area contributed by atoms with Crippen molar-refractivity contribution in [2.24, 2.45) is 5.92 Å². The molecule has 1 atom stereocenters. The Morgan fingerprint density at radius 2 is 1.52 bits per heavy atom. The normalized spacial score (nSPS) is 18.7. The van der Waals surface area contributed by atoms with Crippen LogP contribution in [-0.2, 0) is 4.79 Å². The first-order chi connectivity index (χ1) is 15.2. The molecule has 1 saturated carbocycles. The molecular formula is C26H33N3O2. The molecular weight excluding hydrogens is 386 g/mol. The van der Waals surface area contributed by atoms with Crippen molar-refractivity contribution in [3.05, 3.63) is 60.2 Å². The summed E-state index contributed by atoms with van der Waals surface area (Å²) >= 11 is 0. The highest BCUT2D eigenvalue weighted by molar-refractivity contribution is 5.94. The quantitative estimate of drug-likeness (QED) is 0.775. The Balaban J connectivity index is 1.38. The average Bonchev–Trinajstić information content (AvgIpc) is 3.34. The van der Waals surface area contributed by atoms with E-state index in [-0.39, 0.29) is 17.9 Å². The number of rotatable bonds is 6. The highest BCUT2D eigenvalue weighted by Gasteiger charge is 2.37. The van der Waals surface area contributed by atoms with E-state index in [1.807, 2.05) is 54.3 Å². The zero-order valence-corrected chi connectivity index (χ0v) is 18.4. The van der Waals surface area contributed by atoms with E-state index in [9.17, 15) is 9.59 Å². The number of piperazine rings is 1.